The summed E-state index contributed by atoms with van der Waals surface area (Å²) in [6, 6.07) is 6.41. The molecule has 5 heteroatoms. The summed E-state index contributed by atoms with van der Waals surface area (Å²) in [6.45, 7) is -2.80. The van der Waals surface area contributed by atoms with Crippen LogP contribution in [0, 0.1) is 0 Å². The zero-order valence-corrected chi connectivity index (χ0v) is 10.7. The lowest BCUT2D eigenvalue weighted by atomic mass is 10.1. The van der Waals surface area contributed by atoms with Gasteiger partial charge in [-0.15, -0.1) is 0 Å². The number of halogens is 2. The van der Waals surface area contributed by atoms with Gasteiger partial charge in [-0.1, -0.05) is 19.3 Å². The fourth-order valence-electron chi connectivity index (χ4n) is 2.40. The molecular weight excluding hydrogens is 252 g/mol. The van der Waals surface area contributed by atoms with Crippen molar-refractivity contribution < 1.29 is 18.6 Å². The quantitative estimate of drug-likeness (QED) is 0.825. The maximum Gasteiger partial charge on any atom is 0.387 e. The standard InChI is InChI=1S/C14H19F2NO2/c15-14(16)19-11-8-6-10(7-9-11)17-12-4-2-1-3-5-13(12)18/h6-9,12-14,17-18H,1-5H2. The van der Waals surface area contributed by atoms with Crippen LogP contribution in [0.3, 0.4) is 0 Å². The molecule has 0 heterocycles. The highest BCUT2D eigenvalue weighted by atomic mass is 19.3. The maximum absolute atomic E-state index is 12.0. The second-order valence-corrected chi connectivity index (χ2v) is 4.86. The number of aliphatic hydroxyl groups excluding tert-OH is 1. The van der Waals surface area contributed by atoms with Crippen LogP contribution in [-0.2, 0) is 0 Å². The summed E-state index contributed by atoms with van der Waals surface area (Å²) in [5.74, 6) is 0.141. The number of hydrogen-bond donors (Lipinski definition) is 2. The highest BCUT2D eigenvalue weighted by Gasteiger charge is 2.21. The molecule has 106 valence electrons. The maximum atomic E-state index is 12.0. The molecule has 1 fully saturated rings. The van der Waals surface area contributed by atoms with E-state index in [-0.39, 0.29) is 17.9 Å². The molecule has 2 unspecified atom stereocenters. The monoisotopic (exact) mass is 271 g/mol. The van der Waals surface area contributed by atoms with E-state index in [0.29, 0.717) is 0 Å². The second kappa shape index (κ2) is 6.70. The summed E-state index contributed by atoms with van der Waals surface area (Å²) >= 11 is 0. The molecule has 2 atom stereocenters. The van der Waals surface area contributed by atoms with Gasteiger partial charge in [0, 0.05) is 5.69 Å². The summed E-state index contributed by atoms with van der Waals surface area (Å²) in [6.07, 6.45) is 4.69. The molecule has 1 aliphatic carbocycles. The predicted molar refractivity (Wildman–Crippen MR) is 69.6 cm³/mol. The molecule has 0 saturated heterocycles. The van der Waals surface area contributed by atoms with Gasteiger partial charge in [-0.05, 0) is 37.1 Å². The summed E-state index contributed by atoms with van der Waals surface area (Å²) < 4.78 is 28.3. The van der Waals surface area contributed by atoms with Crippen LogP contribution in [0.25, 0.3) is 0 Å². The van der Waals surface area contributed by atoms with Gasteiger partial charge in [-0.2, -0.15) is 8.78 Å². The molecule has 3 nitrogen and oxygen atoms in total. The van der Waals surface area contributed by atoms with Gasteiger partial charge in [-0.3, -0.25) is 0 Å². The van der Waals surface area contributed by atoms with Gasteiger partial charge >= 0.3 is 6.61 Å². The van der Waals surface area contributed by atoms with E-state index in [1.165, 1.54) is 12.1 Å². The van der Waals surface area contributed by atoms with Crippen LogP contribution in [-0.4, -0.2) is 23.9 Å². The largest absolute Gasteiger partial charge is 0.435 e. The Kier molecular flexibility index (Phi) is 4.96. The molecular formula is C14H19F2NO2. The lowest BCUT2D eigenvalue weighted by Gasteiger charge is -2.23. The van der Waals surface area contributed by atoms with Gasteiger partial charge < -0.3 is 15.2 Å². The van der Waals surface area contributed by atoms with Gasteiger partial charge in [0.15, 0.2) is 0 Å². The summed E-state index contributed by atoms with van der Waals surface area (Å²) in [5.41, 5.74) is 0.813. The Labute approximate surface area is 111 Å². The number of aliphatic hydroxyl groups is 1. The molecule has 0 spiro atoms. The second-order valence-electron chi connectivity index (χ2n) is 4.86. The zero-order valence-electron chi connectivity index (χ0n) is 10.7. The third-order valence-electron chi connectivity index (χ3n) is 3.41. The van der Waals surface area contributed by atoms with Crippen molar-refractivity contribution in [3.05, 3.63) is 24.3 Å². The van der Waals surface area contributed by atoms with Crippen molar-refractivity contribution in [2.45, 2.75) is 50.9 Å². The van der Waals surface area contributed by atoms with Crippen LogP contribution in [0.5, 0.6) is 5.75 Å². The first kappa shape index (κ1) is 14.1. The first-order valence-corrected chi connectivity index (χ1v) is 6.64. The Morgan fingerprint density at radius 2 is 1.79 bits per heavy atom. The minimum absolute atomic E-state index is 0.0318. The number of ether oxygens (including phenoxy) is 1. The Bertz CT molecular complexity index is 384. The van der Waals surface area contributed by atoms with Crippen molar-refractivity contribution >= 4 is 5.69 Å². The number of hydrogen-bond acceptors (Lipinski definition) is 3. The topological polar surface area (TPSA) is 41.5 Å². The lowest BCUT2D eigenvalue weighted by molar-refractivity contribution is -0.0498. The fraction of sp³-hybridized carbons (Fsp3) is 0.571. The van der Waals surface area contributed by atoms with Gasteiger partial charge in [0.05, 0.1) is 12.1 Å². The fourth-order valence-corrected chi connectivity index (χ4v) is 2.40. The Hall–Kier alpha value is -1.36. The van der Waals surface area contributed by atoms with Gasteiger partial charge in [0.25, 0.3) is 0 Å². The number of alkyl halides is 2. The number of nitrogens with one attached hydrogen (secondary N) is 1. The van der Waals surface area contributed by atoms with Crippen molar-refractivity contribution in [2.24, 2.45) is 0 Å². The third-order valence-corrected chi connectivity index (χ3v) is 3.41. The first-order chi connectivity index (χ1) is 9.15. The molecule has 0 aromatic heterocycles. The normalized spacial score (nSPS) is 24.0. The lowest BCUT2D eigenvalue weighted by Crippen LogP contribution is -2.32. The molecule has 2 rings (SSSR count). The molecule has 1 aromatic rings. The SMILES string of the molecule is OC1CCCCCC1Nc1ccc(OC(F)F)cc1. The predicted octanol–water partition coefficient (Wildman–Crippen LogP) is 3.39. The van der Waals surface area contributed by atoms with E-state index in [9.17, 15) is 13.9 Å². The van der Waals surface area contributed by atoms with Crippen LogP contribution >= 0.6 is 0 Å². The van der Waals surface area contributed by atoms with Crippen molar-refractivity contribution in [3.8, 4) is 5.75 Å². The molecule has 2 N–H and O–H groups in total. The van der Waals surface area contributed by atoms with Gasteiger partial charge in [0.2, 0.25) is 0 Å². The zero-order chi connectivity index (χ0) is 13.7. The molecule has 19 heavy (non-hydrogen) atoms. The van der Waals surface area contributed by atoms with Gasteiger partial charge in [0.1, 0.15) is 5.75 Å². The molecule has 0 aliphatic heterocycles. The van der Waals surface area contributed by atoms with Crippen LogP contribution in [0.15, 0.2) is 24.3 Å². The highest BCUT2D eigenvalue weighted by molar-refractivity contribution is 5.47. The average Bonchev–Trinajstić information content (AvgIpc) is 2.57. The third kappa shape index (κ3) is 4.35. The van der Waals surface area contributed by atoms with Crippen LogP contribution in [0.1, 0.15) is 32.1 Å². The number of anilines is 1. The Balaban J connectivity index is 1.94. The molecule has 0 amide bonds. The van der Waals surface area contributed by atoms with E-state index >= 15 is 0 Å². The van der Waals surface area contributed by atoms with E-state index in [2.05, 4.69) is 10.1 Å². The van der Waals surface area contributed by atoms with Crippen molar-refractivity contribution in [1.82, 2.24) is 0 Å². The van der Waals surface area contributed by atoms with E-state index in [0.717, 1.165) is 37.8 Å². The highest BCUT2D eigenvalue weighted by Crippen LogP contribution is 2.23. The van der Waals surface area contributed by atoms with Gasteiger partial charge in [-0.25, -0.2) is 0 Å². The Morgan fingerprint density at radius 3 is 2.47 bits per heavy atom. The Morgan fingerprint density at radius 1 is 1.11 bits per heavy atom. The van der Waals surface area contributed by atoms with Crippen LogP contribution < -0.4 is 10.1 Å². The number of rotatable bonds is 4. The number of benzene rings is 1. The van der Waals surface area contributed by atoms with Crippen LogP contribution in [0.4, 0.5) is 14.5 Å². The van der Waals surface area contributed by atoms with E-state index < -0.39 is 6.61 Å². The van der Waals surface area contributed by atoms with Crippen molar-refractivity contribution in [1.29, 1.82) is 0 Å². The minimum atomic E-state index is -2.80. The van der Waals surface area contributed by atoms with E-state index in [1.54, 1.807) is 12.1 Å². The minimum Gasteiger partial charge on any atom is -0.435 e. The smallest absolute Gasteiger partial charge is 0.387 e. The molecule has 1 aromatic carbocycles. The molecule has 1 saturated carbocycles. The molecule has 0 radical (unpaired) electrons. The average molecular weight is 271 g/mol. The van der Waals surface area contributed by atoms with Crippen molar-refractivity contribution in [3.63, 3.8) is 0 Å². The summed E-state index contributed by atoms with van der Waals surface area (Å²) in [4.78, 5) is 0. The summed E-state index contributed by atoms with van der Waals surface area (Å²) in [5, 5.41) is 13.3. The molecule has 1 aliphatic rings. The first-order valence-electron chi connectivity index (χ1n) is 6.64. The van der Waals surface area contributed by atoms with E-state index in [4.69, 9.17) is 0 Å². The van der Waals surface area contributed by atoms with Crippen molar-refractivity contribution in [2.75, 3.05) is 5.32 Å². The van der Waals surface area contributed by atoms with Crippen LogP contribution in [0.2, 0.25) is 0 Å². The molecule has 0 bridgehead atoms. The summed E-state index contributed by atoms with van der Waals surface area (Å²) in [7, 11) is 0. The van der Waals surface area contributed by atoms with E-state index in [1.807, 2.05) is 0 Å².